The lowest BCUT2D eigenvalue weighted by molar-refractivity contribution is -0.138. The average Bonchev–Trinajstić information content (AvgIpc) is 3.11. The molecule has 7 nitrogen and oxygen atoms in total. The van der Waals surface area contributed by atoms with E-state index < -0.39 is 23.3 Å². The molecule has 4 aromatic rings. The van der Waals surface area contributed by atoms with Crippen molar-refractivity contribution in [1.29, 1.82) is 0 Å². The second-order valence-corrected chi connectivity index (χ2v) is 7.80. The fraction of sp³-hybridized carbons (Fsp3) is 0.182. The number of hydrogen-bond acceptors (Lipinski definition) is 4. The zero-order valence-corrected chi connectivity index (χ0v) is 16.8. The zero-order chi connectivity index (χ0) is 21.1. The van der Waals surface area contributed by atoms with Gasteiger partial charge in [-0.05, 0) is 55.2 Å². The second-order valence-electron chi connectivity index (χ2n) is 6.94. The number of fused-ring (bicyclic) bond motifs is 3. The Morgan fingerprint density at radius 1 is 1.10 bits per heavy atom. The van der Waals surface area contributed by atoms with Gasteiger partial charge >= 0.3 is 5.97 Å². The first kappa shape index (κ1) is 20.1. The summed E-state index contributed by atoms with van der Waals surface area (Å²) in [6, 6.07) is 15.1. The summed E-state index contributed by atoms with van der Waals surface area (Å²) in [7, 11) is 0. The molecule has 0 amide bonds. The number of hydrogen-bond donors (Lipinski definition) is 2. The molecule has 2 atom stereocenters. The van der Waals surface area contributed by atoms with Gasteiger partial charge in [-0.2, -0.15) is 0 Å². The first-order valence-corrected chi connectivity index (χ1v) is 10.5. The highest BCUT2D eigenvalue weighted by Crippen LogP contribution is 2.33. The first-order chi connectivity index (χ1) is 14.5. The van der Waals surface area contributed by atoms with E-state index in [1.54, 1.807) is 30.6 Å². The minimum Gasteiger partial charge on any atom is -0.480 e. The molecule has 0 aliphatic rings. The summed E-state index contributed by atoms with van der Waals surface area (Å²) in [4.78, 5) is 16.0. The number of carboxylic acids is 1. The molecule has 8 heteroatoms. The lowest BCUT2D eigenvalue weighted by Gasteiger charge is -2.27. The van der Waals surface area contributed by atoms with Gasteiger partial charge in [-0.1, -0.05) is 24.3 Å². The zero-order valence-electron chi connectivity index (χ0n) is 16.0. The SMILES string of the molecule is O=C(O)C(CCCc1cccnc1)N(c1ccc2oc3ccccc3c2c1)S(=O)O. The number of nitrogens with zero attached hydrogens (tertiary/aromatic N) is 2. The molecule has 0 spiro atoms. The van der Waals surface area contributed by atoms with E-state index in [9.17, 15) is 18.7 Å². The highest BCUT2D eigenvalue weighted by molar-refractivity contribution is 7.80. The predicted octanol–water partition coefficient (Wildman–Crippen LogP) is 4.40. The van der Waals surface area contributed by atoms with Crippen molar-refractivity contribution in [2.45, 2.75) is 25.3 Å². The van der Waals surface area contributed by atoms with E-state index in [0.717, 1.165) is 20.6 Å². The van der Waals surface area contributed by atoms with Crippen molar-refractivity contribution in [3.05, 3.63) is 72.6 Å². The van der Waals surface area contributed by atoms with Crippen molar-refractivity contribution >= 4 is 44.9 Å². The number of anilines is 1. The van der Waals surface area contributed by atoms with Gasteiger partial charge in [0, 0.05) is 23.2 Å². The van der Waals surface area contributed by atoms with Gasteiger partial charge in [0.1, 0.15) is 17.2 Å². The van der Waals surface area contributed by atoms with Crippen LogP contribution in [-0.2, 0) is 22.5 Å². The van der Waals surface area contributed by atoms with Gasteiger partial charge in [-0.3, -0.25) is 13.8 Å². The number of furan rings is 1. The summed E-state index contributed by atoms with van der Waals surface area (Å²) in [6.45, 7) is 0. The Kier molecular flexibility index (Phi) is 5.78. The van der Waals surface area contributed by atoms with Gasteiger partial charge < -0.3 is 9.52 Å². The number of aliphatic carboxylic acids is 1. The molecule has 2 N–H and O–H groups in total. The van der Waals surface area contributed by atoms with Crippen LogP contribution in [0.1, 0.15) is 18.4 Å². The lowest BCUT2D eigenvalue weighted by Crippen LogP contribution is -2.42. The fourth-order valence-electron chi connectivity index (χ4n) is 3.62. The Hall–Kier alpha value is -3.23. The highest BCUT2D eigenvalue weighted by atomic mass is 32.2. The number of para-hydroxylation sites is 1. The van der Waals surface area contributed by atoms with Crippen LogP contribution in [0, 0.1) is 0 Å². The van der Waals surface area contributed by atoms with Crippen molar-refractivity contribution in [2.75, 3.05) is 4.31 Å². The van der Waals surface area contributed by atoms with E-state index in [2.05, 4.69) is 4.98 Å². The van der Waals surface area contributed by atoms with Crippen LogP contribution in [0.3, 0.4) is 0 Å². The Morgan fingerprint density at radius 3 is 2.63 bits per heavy atom. The molecule has 0 saturated heterocycles. The van der Waals surface area contributed by atoms with Gasteiger partial charge in [-0.15, -0.1) is 0 Å². The second kappa shape index (κ2) is 8.64. The topological polar surface area (TPSA) is 104 Å². The minimum atomic E-state index is -2.51. The molecule has 0 radical (unpaired) electrons. The molecule has 4 rings (SSSR count). The van der Waals surface area contributed by atoms with Gasteiger partial charge in [0.25, 0.3) is 11.3 Å². The Morgan fingerprint density at radius 2 is 1.90 bits per heavy atom. The van der Waals surface area contributed by atoms with E-state index in [1.165, 1.54) is 0 Å². The van der Waals surface area contributed by atoms with Gasteiger partial charge in [0.05, 0.1) is 5.69 Å². The minimum absolute atomic E-state index is 0.209. The molecule has 0 aliphatic heterocycles. The predicted molar refractivity (Wildman–Crippen MR) is 116 cm³/mol. The van der Waals surface area contributed by atoms with Crippen molar-refractivity contribution in [1.82, 2.24) is 4.98 Å². The third-order valence-corrected chi connectivity index (χ3v) is 5.82. The molecule has 0 fully saturated rings. The summed E-state index contributed by atoms with van der Waals surface area (Å²) >= 11 is -2.51. The summed E-state index contributed by atoms with van der Waals surface area (Å²) < 4.78 is 28.9. The number of carbonyl (C=O) groups is 1. The molecule has 2 unspecified atom stereocenters. The van der Waals surface area contributed by atoms with Gasteiger partial charge in [0.15, 0.2) is 0 Å². The maximum Gasteiger partial charge on any atom is 0.327 e. The lowest BCUT2D eigenvalue weighted by atomic mass is 10.1. The van der Waals surface area contributed by atoms with Crippen LogP contribution >= 0.6 is 0 Å². The standard InChI is InChI=1S/C22H20N2O5S/c25-22(26)19(8-3-5-15-6-4-12-23-14-15)24(30(27)28)16-10-11-21-18(13-16)17-7-1-2-9-20(17)29-21/h1-2,4,6-7,9-14,19H,3,5,8H2,(H,25,26)(H,27,28). The van der Waals surface area contributed by atoms with E-state index in [1.807, 2.05) is 36.4 Å². The van der Waals surface area contributed by atoms with E-state index in [0.29, 0.717) is 29.7 Å². The summed E-state index contributed by atoms with van der Waals surface area (Å²) in [5.74, 6) is -1.15. The molecule has 30 heavy (non-hydrogen) atoms. The normalized spacial score (nSPS) is 13.4. The smallest absolute Gasteiger partial charge is 0.327 e. The van der Waals surface area contributed by atoms with E-state index in [-0.39, 0.29) is 6.42 Å². The number of rotatable bonds is 8. The van der Waals surface area contributed by atoms with Crippen LogP contribution in [0.15, 0.2) is 71.4 Å². The highest BCUT2D eigenvalue weighted by Gasteiger charge is 2.30. The quantitative estimate of drug-likeness (QED) is 0.406. The van der Waals surface area contributed by atoms with Crippen molar-refractivity contribution in [2.24, 2.45) is 0 Å². The largest absolute Gasteiger partial charge is 0.480 e. The molecule has 2 aromatic carbocycles. The third kappa shape index (κ3) is 4.05. The first-order valence-electron chi connectivity index (χ1n) is 9.48. The molecule has 154 valence electrons. The fourth-order valence-corrected chi connectivity index (χ4v) is 4.32. The molecule has 2 heterocycles. The molecular weight excluding hydrogens is 404 g/mol. The van der Waals surface area contributed by atoms with E-state index in [4.69, 9.17) is 4.42 Å². The average molecular weight is 424 g/mol. The van der Waals surface area contributed by atoms with Crippen LogP contribution in [0.5, 0.6) is 0 Å². The van der Waals surface area contributed by atoms with Crippen molar-refractivity contribution < 1.29 is 23.1 Å². The maximum atomic E-state index is 12.2. The summed E-state index contributed by atoms with van der Waals surface area (Å²) in [5.41, 5.74) is 2.67. The number of aromatic nitrogens is 1. The van der Waals surface area contributed by atoms with E-state index >= 15 is 0 Å². The van der Waals surface area contributed by atoms with Crippen molar-refractivity contribution in [3.63, 3.8) is 0 Å². The maximum absolute atomic E-state index is 12.2. The number of aryl methyl sites for hydroxylation is 1. The number of carboxylic acid groups (broad SMARTS) is 1. The Bertz CT molecular complexity index is 1210. The van der Waals surface area contributed by atoms with Crippen molar-refractivity contribution in [3.8, 4) is 0 Å². The molecular formula is C22H20N2O5S. The van der Waals surface area contributed by atoms with Gasteiger partial charge in [-0.25, -0.2) is 9.00 Å². The Labute approximate surface area is 175 Å². The molecule has 2 aromatic heterocycles. The monoisotopic (exact) mass is 424 g/mol. The molecule has 0 saturated carbocycles. The van der Waals surface area contributed by atoms with Crippen LogP contribution in [-0.4, -0.2) is 30.9 Å². The Balaban J connectivity index is 1.64. The van der Waals surface area contributed by atoms with Crippen LogP contribution in [0.25, 0.3) is 21.9 Å². The number of pyridine rings is 1. The summed E-state index contributed by atoms with van der Waals surface area (Å²) in [5, 5.41) is 11.4. The number of benzene rings is 2. The molecule has 0 aliphatic carbocycles. The van der Waals surface area contributed by atoms with Crippen LogP contribution < -0.4 is 4.31 Å². The van der Waals surface area contributed by atoms with Crippen LogP contribution in [0.4, 0.5) is 5.69 Å². The molecule has 0 bridgehead atoms. The third-order valence-electron chi connectivity index (χ3n) is 5.02. The van der Waals surface area contributed by atoms with Crippen LogP contribution in [0.2, 0.25) is 0 Å². The summed E-state index contributed by atoms with van der Waals surface area (Å²) in [6.07, 6.45) is 4.79. The van der Waals surface area contributed by atoms with Gasteiger partial charge in [0.2, 0.25) is 0 Å².